The lowest BCUT2D eigenvalue weighted by Crippen LogP contribution is -2.47. The monoisotopic (exact) mass is 304 g/mol. The summed E-state index contributed by atoms with van der Waals surface area (Å²) in [7, 11) is 1.78. The van der Waals surface area contributed by atoms with Crippen LogP contribution in [0.15, 0.2) is 23.3 Å². The van der Waals surface area contributed by atoms with E-state index in [0.29, 0.717) is 12.6 Å². The maximum Gasteiger partial charge on any atom is 0.218 e. The van der Waals surface area contributed by atoms with Gasteiger partial charge < -0.3 is 15.4 Å². The highest BCUT2D eigenvalue weighted by molar-refractivity contribution is 5.80. The molecule has 0 spiro atoms. The highest BCUT2D eigenvalue weighted by Gasteiger charge is 2.19. The van der Waals surface area contributed by atoms with Crippen LogP contribution in [0, 0.1) is 0 Å². The quantitative estimate of drug-likeness (QED) is 0.663. The summed E-state index contributed by atoms with van der Waals surface area (Å²) >= 11 is 0. The van der Waals surface area contributed by atoms with Crippen LogP contribution in [0.4, 0.5) is 0 Å². The van der Waals surface area contributed by atoms with Gasteiger partial charge >= 0.3 is 0 Å². The largest absolute Gasteiger partial charge is 0.474 e. The molecule has 0 aromatic carbocycles. The maximum absolute atomic E-state index is 6.06. The highest BCUT2D eigenvalue weighted by atomic mass is 16.5. The van der Waals surface area contributed by atoms with E-state index in [0.717, 1.165) is 30.2 Å². The average molecular weight is 304 g/mol. The summed E-state index contributed by atoms with van der Waals surface area (Å²) in [6, 6.07) is 3.99. The first-order valence-electron chi connectivity index (χ1n) is 8.07. The van der Waals surface area contributed by atoms with Gasteiger partial charge in [-0.15, -0.1) is 0 Å². The molecule has 1 aliphatic carbocycles. The standard InChI is InChI=1S/C17H28N4O/c1-17(2,3)21-16(18-4)20-12-13-8-7-11-19-15(13)22-14-9-5-6-10-14/h7-8,11,14H,5-6,9-10,12H2,1-4H3,(H2,18,20,21). The van der Waals surface area contributed by atoms with E-state index >= 15 is 0 Å². The Hall–Kier alpha value is -1.78. The summed E-state index contributed by atoms with van der Waals surface area (Å²) in [5.41, 5.74) is 1.03. The zero-order chi connectivity index (χ0) is 16.0. The summed E-state index contributed by atoms with van der Waals surface area (Å²) in [5, 5.41) is 6.67. The van der Waals surface area contributed by atoms with E-state index in [-0.39, 0.29) is 5.54 Å². The van der Waals surface area contributed by atoms with Crippen LogP contribution in [-0.2, 0) is 6.54 Å². The topological polar surface area (TPSA) is 58.5 Å². The van der Waals surface area contributed by atoms with Crippen molar-refractivity contribution in [2.45, 2.75) is 64.6 Å². The van der Waals surface area contributed by atoms with Crippen LogP contribution >= 0.6 is 0 Å². The first-order chi connectivity index (χ1) is 10.5. The van der Waals surface area contributed by atoms with Crippen molar-refractivity contribution < 1.29 is 4.74 Å². The van der Waals surface area contributed by atoms with Gasteiger partial charge in [0.15, 0.2) is 5.96 Å². The van der Waals surface area contributed by atoms with Gasteiger partial charge in [-0.25, -0.2) is 4.98 Å². The van der Waals surface area contributed by atoms with Crippen molar-refractivity contribution in [3.05, 3.63) is 23.9 Å². The molecule has 2 rings (SSSR count). The summed E-state index contributed by atoms with van der Waals surface area (Å²) in [5.74, 6) is 1.52. The molecule has 0 saturated heterocycles. The number of nitrogens with one attached hydrogen (secondary N) is 2. The molecule has 1 fully saturated rings. The van der Waals surface area contributed by atoms with Gasteiger partial charge in [-0.05, 0) is 52.5 Å². The molecule has 2 N–H and O–H groups in total. The molecule has 0 unspecified atom stereocenters. The number of rotatable bonds is 4. The molecular weight excluding hydrogens is 276 g/mol. The molecule has 22 heavy (non-hydrogen) atoms. The summed E-state index contributed by atoms with van der Waals surface area (Å²) < 4.78 is 6.06. The zero-order valence-corrected chi connectivity index (χ0v) is 14.1. The normalized spacial score (nSPS) is 16.6. The molecule has 1 saturated carbocycles. The number of aliphatic imine (C=N–C) groups is 1. The van der Waals surface area contributed by atoms with E-state index in [1.807, 2.05) is 6.07 Å². The molecular formula is C17H28N4O. The first-order valence-corrected chi connectivity index (χ1v) is 8.07. The number of hydrogen-bond donors (Lipinski definition) is 2. The van der Waals surface area contributed by atoms with Crippen molar-refractivity contribution in [3.63, 3.8) is 0 Å². The van der Waals surface area contributed by atoms with Crippen LogP contribution in [0.1, 0.15) is 52.0 Å². The molecule has 1 heterocycles. The van der Waals surface area contributed by atoms with Crippen molar-refractivity contribution >= 4 is 5.96 Å². The van der Waals surface area contributed by atoms with E-state index in [2.05, 4.69) is 47.4 Å². The molecule has 5 nitrogen and oxygen atoms in total. The second-order valence-corrected chi connectivity index (χ2v) is 6.79. The van der Waals surface area contributed by atoms with Gasteiger partial charge in [-0.1, -0.05) is 6.07 Å². The van der Waals surface area contributed by atoms with Crippen LogP contribution in [0.2, 0.25) is 0 Å². The Bertz CT molecular complexity index is 502. The second-order valence-electron chi connectivity index (χ2n) is 6.79. The number of ether oxygens (including phenoxy) is 1. The van der Waals surface area contributed by atoms with Gasteiger partial charge in [-0.3, -0.25) is 4.99 Å². The predicted octanol–water partition coefficient (Wildman–Crippen LogP) is 2.87. The molecule has 0 amide bonds. The SMILES string of the molecule is CN=C(NCc1cccnc1OC1CCCC1)NC(C)(C)C. The summed E-state index contributed by atoms with van der Waals surface area (Å²) in [4.78, 5) is 8.65. The van der Waals surface area contributed by atoms with Crippen LogP contribution in [0.3, 0.4) is 0 Å². The van der Waals surface area contributed by atoms with E-state index in [1.165, 1.54) is 12.8 Å². The first kappa shape index (κ1) is 16.6. The number of pyridine rings is 1. The minimum Gasteiger partial charge on any atom is -0.474 e. The molecule has 1 aliphatic rings. The Kier molecular flexibility index (Phi) is 5.63. The Morgan fingerprint density at radius 3 is 2.73 bits per heavy atom. The van der Waals surface area contributed by atoms with Crippen LogP contribution < -0.4 is 15.4 Å². The molecule has 0 atom stereocenters. The van der Waals surface area contributed by atoms with Gasteiger partial charge in [0.05, 0.1) is 0 Å². The number of aromatic nitrogens is 1. The Balaban J connectivity index is 1.97. The van der Waals surface area contributed by atoms with Gasteiger partial charge in [0.1, 0.15) is 6.10 Å². The van der Waals surface area contributed by atoms with Crippen molar-refractivity contribution in [2.75, 3.05) is 7.05 Å². The lowest BCUT2D eigenvalue weighted by atomic mass is 10.1. The van der Waals surface area contributed by atoms with E-state index in [1.54, 1.807) is 13.2 Å². The lowest BCUT2D eigenvalue weighted by molar-refractivity contribution is 0.199. The maximum atomic E-state index is 6.06. The molecule has 0 aliphatic heterocycles. The fraction of sp³-hybridized carbons (Fsp3) is 0.647. The van der Waals surface area contributed by atoms with Gasteiger partial charge in [0.25, 0.3) is 0 Å². The number of guanidine groups is 1. The average Bonchev–Trinajstić information content (AvgIpc) is 2.96. The third-order valence-corrected chi connectivity index (χ3v) is 3.59. The third-order valence-electron chi connectivity index (χ3n) is 3.59. The van der Waals surface area contributed by atoms with Gasteiger partial charge in [0, 0.05) is 30.9 Å². The third kappa shape index (κ3) is 5.20. The van der Waals surface area contributed by atoms with Crippen molar-refractivity contribution in [3.8, 4) is 5.88 Å². The zero-order valence-electron chi connectivity index (χ0n) is 14.1. The fourth-order valence-electron chi connectivity index (χ4n) is 2.54. The molecule has 0 bridgehead atoms. The highest BCUT2D eigenvalue weighted by Crippen LogP contribution is 2.24. The predicted molar refractivity (Wildman–Crippen MR) is 90.2 cm³/mol. The van der Waals surface area contributed by atoms with Crippen molar-refractivity contribution in [2.24, 2.45) is 4.99 Å². The fourth-order valence-corrected chi connectivity index (χ4v) is 2.54. The van der Waals surface area contributed by atoms with Crippen molar-refractivity contribution in [1.82, 2.24) is 15.6 Å². The van der Waals surface area contributed by atoms with Crippen molar-refractivity contribution in [1.29, 1.82) is 0 Å². The molecule has 5 heteroatoms. The van der Waals surface area contributed by atoms with E-state index in [9.17, 15) is 0 Å². The minimum absolute atomic E-state index is 0.0278. The van der Waals surface area contributed by atoms with E-state index in [4.69, 9.17) is 4.74 Å². The minimum atomic E-state index is -0.0278. The van der Waals surface area contributed by atoms with Crippen LogP contribution in [0.25, 0.3) is 0 Å². The summed E-state index contributed by atoms with van der Waals surface area (Å²) in [6.45, 7) is 6.97. The molecule has 1 aromatic rings. The van der Waals surface area contributed by atoms with Crippen LogP contribution in [-0.4, -0.2) is 29.6 Å². The Morgan fingerprint density at radius 1 is 1.36 bits per heavy atom. The summed E-state index contributed by atoms with van der Waals surface area (Å²) in [6.07, 6.45) is 6.89. The number of hydrogen-bond acceptors (Lipinski definition) is 3. The second kappa shape index (κ2) is 7.47. The molecule has 122 valence electrons. The Labute approximate surface area is 133 Å². The Morgan fingerprint density at radius 2 is 2.09 bits per heavy atom. The van der Waals surface area contributed by atoms with Crippen LogP contribution in [0.5, 0.6) is 5.88 Å². The van der Waals surface area contributed by atoms with Gasteiger partial charge in [0.2, 0.25) is 5.88 Å². The number of nitrogens with zero attached hydrogens (tertiary/aromatic N) is 2. The lowest BCUT2D eigenvalue weighted by Gasteiger charge is -2.24. The molecule has 0 radical (unpaired) electrons. The van der Waals surface area contributed by atoms with Gasteiger partial charge in [-0.2, -0.15) is 0 Å². The smallest absolute Gasteiger partial charge is 0.218 e. The van der Waals surface area contributed by atoms with E-state index < -0.39 is 0 Å². The molecule has 1 aromatic heterocycles.